The maximum absolute atomic E-state index is 6.47. The lowest BCUT2D eigenvalue weighted by Crippen LogP contribution is -2.43. The second kappa shape index (κ2) is 13.0. The molecule has 1 heterocycles. The predicted molar refractivity (Wildman–Crippen MR) is 130 cm³/mol. The van der Waals surface area contributed by atoms with Gasteiger partial charge in [0.25, 0.3) is 0 Å². The highest BCUT2D eigenvalue weighted by molar-refractivity contribution is 14.0. The van der Waals surface area contributed by atoms with Gasteiger partial charge in [-0.15, -0.1) is 24.0 Å². The van der Waals surface area contributed by atoms with Crippen LogP contribution in [0.4, 0.5) is 0 Å². The summed E-state index contributed by atoms with van der Waals surface area (Å²) in [6.07, 6.45) is 0. The van der Waals surface area contributed by atoms with E-state index in [4.69, 9.17) is 11.6 Å². The lowest BCUT2D eigenvalue weighted by atomic mass is 10.0. The van der Waals surface area contributed by atoms with E-state index in [2.05, 4.69) is 45.4 Å². The van der Waals surface area contributed by atoms with E-state index in [-0.39, 0.29) is 30.0 Å². The first kappa shape index (κ1) is 24.7. The molecular formula is C21H31ClIN5. The molecule has 154 valence electrons. The van der Waals surface area contributed by atoms with E-state index in [9.17, 15) is 0 Å². The first-order chi connectivity index (χ1) is 13.1. The molecule has 28 heavy (non-hydrogen) atoms. The van der Waals surface area contributed by atoms with Crippen molar-refractivity contribution in [2.45, 2.75) is 33.4 Å². The van der Waals surface area contributed by atoms with Gasteiger partial charge in [-0.25, -0.2) is 0 Å². The molecule has 1 atom stereocenters. The molecule has 0 amide bonds. The van der Waals surface area contributed by atoms with Crippen molar-refractivity contribution in [3.8, 4) is 0 Å². The Morgan fingerprint density at radius 2 is 1.82 bits per heavy atom. The molecule has 0 spiro atoms. The van der Waals surface area contributed by atoms with Crippen LogP contribution in [0.15, 0.2) is 47.5 Å². The third-order valence-corrected chi connectivity index (χ3v) is 4.93. The van der Waals surface area contributed by atoms with Crippen molar-refractivity contribution in [2.75, 3.05) is 26.7 Å². The van der Waals surface area contributed by atoms with Crippen molar-refractivity contribution >= 4 is 41.5 Å². The average molecular weight is 516 g/mol. The lowest BCUT2D eigenvalue weighted by Gasteiger charge is -2.31. The number of pyridine rings is 1. The zero-order valence-corrected chi connectivity index (χ0v) is 20.2. The molecule has 0 radical (unpaired) electrons. The third kappa shape index (κ3) is 7.22. The number of aliphatic imine (C=N–C) groups is 1. The Morgan fingerprint density at radius 1 is 1.11 bits per heavy atom. The summed E-state index contributed by atoms with van der Waals surface area (Å²) in [4.78, 5) is 11.2. The highest BCUT2D eigenvalue weighted by atomic mass is 127. The van der Waals surface area contributed by atoms with Gasteiger partial charge in [-0.1, -0.05) is 49.7 Å². The minimum absolute atomic E-state index is 0. The van der Waals surface area contributed by atoms with Crippen LogP contribution >= 0.6 is 35.6 Å². The SMILES string of the molecule is CCN(CC)C(CNC(=NC)NCc1cccc(C)n1)c1ccccc1Cl.I. The molecule has 0 saturated heterocycles. The van der Waals surface area contributed by atoms with Crippen LogP contribution in [-0.4, -0.2) is 42.5 Å². The molecule has 0 bridgehead atoms. The van der Waals surface area contributed by atoms with E-state index in [0.29, 0.717) is 13.1 Å². The Morgan fingerprint density at radius 3 is 2.43 bits per heavy atom. The monoisotopic (exact) mass is 515 g/mol. The Bertz CT molecular complexity index is 749. The van der Waals surface area contributed by atoms with Gasteiger partial charge in [-0.2, -0.15) is 0 Å². The number of nitrogens with zero attached hydrogens (tertiary/aromatic N) is 3. The third-order valence-electron chi connectivity index (χ3n) is 4.59. The van der Waals surface area contributed by atoms with Gasteiger partial charge in [0, 0.05) is 24.3 Å². The van der Waals surface area contributed by atoms with Gasteiger partial charge >= 0.3 is 0 Å². The van der Waals surface area contributed by atoms with Crippen molar-refractivity contribution in [1.82, 2.24) is 20.5 Å². The van der Waals surface area contributed by atoms with E-state index in [1.807, 2.05) is 43.3 Å². The number of benzene rings is 1. The van der Waals surface area contributed by atoms with E-state index in [1.165, 1.54) is 0 Å². The fraction of sp³-hybridized carbons (Fsp3) is 0.429. The molecule has 1 unspecified atom stereocenters. The molecular weight excluding hydrogens is 485 g/mol. The van der Waals surface area contributed by atoms with Crippen LogP contribution < -0.4 is 10.6 Å². The fourth-order valence-corrected chi connectivity index (χ4v) is 3.39. The highest BCUT2D eigenvalue weighted by Gasteiger charge is 2.20. The van der Waals surface area contributed by atoms with Gasteiger partial charge in [0.2, 0.25) is 0 Å². The van der Waals surface area contributed by atoms with Gasteiger partial charge in [-0.05, 0) is 43.8 Å². The second-order valence-corrected chi connectivity index (χ2v) is 6.74. The summed E-state index contributed by atoms with van der Waals surface area (Å²) in [6.45, 7) is 9.58. The van der Waals surface area contributed by atoms with E-state index >= 15 is 0 Å². The van der Waals surface area contributed by atoms with Gasteiger partial charge in [-0.3, -0.25) is 14.9 Å². The van der Waals surface area contributed by atoms with Crippen molar-refractivity contribution < 1.29 is 0 Å². The first-order valence-electron chi connectivity index (χ1n) is 9.44. The molecule has 2 aromatic rings. The van der Waals surface area contributed by atoms with Crippen LogP contribution in [0.3, 0.4) is 0 Å². The molecule has 0 aliphatic rings. The van der Waals surface area contributed by atoms with Crippen LogP contribution in [0.2, 0.25) is 5.02 Å². The molecule has 0 fully saturated rings. The highest BCUT2D eigenvalue weighted by Crippen LogP contribution is 2.26. The fourth-order valence-electron chi connectivity index (χ4n) is 3.13. The largest absolute Gasteiger partial charge is 0.354 e. The topological polar surface area (TPSA) is 52.5 Å². The Balaban J connectivity index is 0.00000392. The van der Waals surface area contributed by atoms with Gasteiger partial charge in [0.05, 0.1) is 18.3 Å². The standard InChI is InChI=1S/C21H30ClN5.HI/c1-5-27(6-2)20(18-12-7-8-13-19(18)22)15-25-21(23-4)24-14-17-11-9-10-16(3)26-17;/h7-13,20H,5-6,14-15H2,1-4H3,(H2,23,24,25);1H. The van der Waals surface area contributed by atoms with Crippen molar-refractivity contribution in [1.29, 1.82) is 0 Å². The summed E-state index contributed by atoms with van der Waals surface area (Å²) in [5.41, 5.74) is 3.13. The summed E-state index contributed by atoms with van der Waals surface area (Å²) < 4.78 is 0. The van der Waals surface area contributed by atoms with Crippen LogP contribution in [0.5, 0.6) is 0 Å². The second-order valence-electron chi connectivity index (χ2n) is 6.34. The van der Waals surface area contributed by atoms with E-state index in [1.54, 1.807) is 7.05 Å². The number of aryl methyl sites for hydroxylation is 1. The smallest absolute Gasteiger partial charge is 0.191 e. The molecule has 7 heteroatoms. The van der Waals surface area contributed by atoms with Crippen molar-refractivity contribution in [3.05, 3.63) is 64.4 Å². The van der Waals surface area contributed by atoms with E-state index in [0.717, 1.165) is 41.0 Å². The number of halogens is 2. The van der Waals surface area contributed by atoms with Crippen molar-refractivity contribution in [3.63, 3.8) is 0 Å². The number of aromatic nitrogens is 1. The minimum Gasteiger partial charge on any atom is -0.354 e. The first-order valence-corrected chi connectivity index (χ1v) is 9.82. The Labute approximate surface area is 191 Å². The van der Waals surface area contributed by atoms with Crippen LogP contribution in [0.1, 0.15) is 36.8 Å². The number of rotatable bonds is 8. The van der Waals surface area contributed by atoms with Crippen LogP contribution in [0, 0.1) is 6.92 Å². The number of guanidine groups is 1. The molecule has 0 aliphatic carbocycles. The lowest BCUT2D eigenvalue weighted by molar-refractivity contribution is 0.219. The van der Waals surface area contributed by atoms with E-state index < -0.39 is 0 Å². The molecule has 1 aromatic carbocycles. The zero-order valence-electron chi connectivity index (χ0n) is 17.1. The van der Waals surface area contributed by atoms with Gasteiger partial charge < -0.3 is 10.6 Å². The average Bonchev–Trinajstić information content (AvgIpc) is 2.68. The molecule has 5 nitrogen and oxygen atoms in total. The summed E-state index contributed by atoms with van der Waals surface area (Å²) in [5.74, 6) is 0.752. The van der Waals surface area contributed by atoms with Crippen molar-refractivity contribution in [2.24, 2.45) is 4.99 Å². The molecule has 0 aliphatic heterocycles. The molecule has 0 saturated carbocycles. The Kier molecular flexibility index (Phi) is 11.4. The number of hydrogen-bond acceptors (Lipinski definition) is 3. The summed E-state index contributed by atoms with van der Waals surface area (Å²) >= 11 is 6.47. The maximum Gasteiger partial charge on any atom is 0.191 e. The maximum atomic E-state index is 6.47. The van der Waals surface area contributed by atoms with Gasteiger partial charge in [0.15, 0.2) is 5.96 Å². The minimum atomic E-state index is 0. The molecule has 1 aromatic heterocycles. The number of likely N-dealkylation sites (N-methyl/N-ethyl adjacent to an activating group) is 1. The quantitative estimate of drug-likeness (QED) is 0.311. The number of hydrogen-bond donors (Lipinski definition) is 2. The van der Waals surface area contributed by atoms with Gasteiger partial charge in [0.1, 0.15) is 0 Å². The zero-order chi connectivity index (χ0) is 19.6. The predicted octanol–water partition coefficient (Wildman–Crippen LogP) is 4.41. The number of nitrogens with one attached hydrogen (secondary N) is 2. The molecule has 2 N–H and O–H groups in total. The van der Waals surface area contributed by atoms with Crippen LogP contribution in [-0.2, 0) is 6.54 Å². The summed E-state index contributed by atoms with van der Waals surface area (Å²) in [6, 6.07) is 14.2. The Hall–Kier alpha value is -1.38. The molecule has 2 rings (SSSR count). The summed E-state index contributed by atoms with van der Waals surface area (Å²) in [7, 11) is 1.78. The normalized spacial score (nSPS) is 12.4. The van der Waals surface area contributed by atoms with Crippen LogP contribution in [0.25, 0.3) is 0 Å². The summed E-state index contributed by atoms with van der Waals surface area (Å²) in [5, 5.41) is 7.57.